The minimum Gasteiger partial charge on any atom is -0.341 e. The number of likely N-dealkylation sites (tertiary alicyclic amines) is 1. The smallest absolute Gasteiger partial charge is 0.261 e. The minimum absolute atomic E-state index is 0.157. The highest BCUT2D eigenvalue weighted by Gasteiger charge is 2.53. The maximum Gasteiger partial charge on any atom is 0.261 e. The quantitative estimate of drug-likeness (QED) is 0.757. The Labute approximate surface area is 159 Å². The molecule has 0 radical (unpaired) electrons. The fourth-order valence-corrected chi connectivity index (χ4v) is 4.51. The van der Waals surface area contributed by atoms with Crippen LogP contribution in [0.2, 0.25) is 10.0 Å². The van der Waals surface area contributed by atoms with Gasteiger partial charge in [-0.2, -0.15) is 0 Å². The van der Waals surface area contributed by atoms with Gasteiger partial charge in [0.15, 0.2) is 0 Å². The lowest BCUT2D eigenvalue weighted by atomic mass is 9.81. The normalized spacial score (nSPS) is 29.8. The summed E-state index contributed by atoms with van der Waals surface area (Å²) in [6.07, 6.45) is -0.0430. The number of hydrogen-bond acceptors (Lipinski definition) is 3. The molecule has 1 unspecified atom stereocenters. The van der Waals surface area contributed by atoms with Gasteiger partial charge in [0.1, 0.15) is 0 Å². The average molecular weight is 404 g/mol. The van der Waals surface area contributed by atoms with E-state index in [2.05, 4.69) is 10.6 Å². The standard InChI is InChI=1S/C17H17Cl2F2N3O2/c18-11-3-10-13(4-12(11)19)23-15(26)16(10)1-2-24(8-16)14(25)9-5-17(20,21)7-22-6-9/h3-4,9,22H,1-2,5-8H2,(H,23,26)/t9?,16-/m1/s1. The van der Waals surface area contributed by atoms with Gasteiger partial charge in [-0.25, -0.2) is 8.78 Å². The molecule has 5 nitrogen and oxygen atoms in total. The molecule has 3 heterocycles. The first-order valence-electron chi connectivity index (χ1n) is 8.40. The molecule has 0 bridgehead atoms. The van der Waals surface area contributed by atoms with Crippen LogP contribution in [-0.2, 0) is 15.0 Å². The number of amides is 2. The Morgan fingerprint density at radius 1 is 1.27 bits per heavy atom. The maximum absolute atomic E-state index is 13.6. The predicted molar refractivity (Wildman–Crippen MR) is 93.9 cm³/mol. The van der Waals surface area contributed by atoms with Gasteiger partial charge < -0.3 is 15.5 Å². The Hall–Kier alpha value is -1.44. The van der Waals surface area contributed by atoms with Crippen molar-refractivity contribution in [1.82, 2.24) is 10.2 Å². The molecule has 3 aliphatic rings. The molecular formula is C17H17Cl2F2N3O2. The van der Waals surface area contributed by atoms with Crippen molar-refractivity contribution < 1.29 is 18.4 Å². The molecule has 2 saturated heterocycles. The Balaban J connectivity index is 1.58. The van der Waals surface area contributed by atoms with Crippen molar-refractivity contribution >= 4 is 40.7 Å². The van der Waals surface area contributed by atoms with Crippen LogP contribution in [0.25, 0.3) is 0 Å². The number of anilines is 1. The summed E-state index contributed by atoms with van der Waals surface area (Å²) in [7, 11) is 0. The van der Waals surface area contributed by atoms with Gasteiger partial charge in [0, 0.05) is 31.7 Å². The number of piperidine rings is 1. The number of carbonyl (C=O) groups excluding carboxylic acids is 2. The van der Waals surface area contributed by atoms with Crippen molar-refractivity contribution in [2.75, 3.05) is 31.5 Å². The van der Waals surface area contributed by atoms with E-state index in [0.29, 0.717) is 34.3 Å². The molecule has 2 fully saturated rings. The highest BCUT2D eigenvalue weighted by Crippen LogP contribution is 2.47. The fourth-order valence-electron chi connectivity index (χ4n) is 4.18. The van der Waals surface area contributed by atoms with Crippen molar-refractivity contribution in [3.8, 4) is 0 Å². The van der Waals surface area contributed by atoms with Gasteiger partial charge in [-0.3, -0.25) is 9.59 Å². The van der Waals surface area contributed by atoms with Crippen molar-refractivity contribution in [3.63, 3.8) is 0 Å². The lowest BCUT2D eigenvalue weighted by Gasteiger charge is -2.32. The SMILES string of the molecule is O=C(C1CNCC(F)(F)C1)N1CC[C@]2(C1)C(=O)Nc1cc(Cl)c(Cl)cc12. The molecule has 1 spiro atoms. The number of carbonyl (C=O) groups is 2. The summed E-state index contributed by atoms with van der Waals surface area (Å²) in [5.74, 6) is -4.23. The number of rotatable bonds is 1. The van der Waals surface area contributed by atoms with E-state index < -0.39 is 30.2 Å². The topological polar surface area (TPSA) is 61.4 Å². The molecule has 3 aliphatic heterocycles. The van der Waals surface area contributed by atoms with Gasteiger partial charge >= 0.3 is 0 Å². The number of halogens is 4. The van der Waals surface area contributed by atoms with E-state index in [1.165, 1.54) is 4.90 Å². The first-order valence-corrected chi connectivity index (χ1v) is 9.16. The highest BCUT2D eigenvalue weighted by molar-refractivity contribution is 6.42. The second kappa shape index (κ2) is 6.04. The molecule has 140 valence electrons. The molecule has 0 aliphatic carbocycles. The monoisotopic (exact) mass is 403 g/mol. The number of nitrogens with zero attached hydrogens (tertiary/aromatic N) is 1. The molecule has 1 aromatic rings. The first kappa shape index (κ1) is 17.9. The molecule has 2 N–H and O–H groups in total. The van der Waals surface area contributed by atoms with Crippen molar-refractivity contribution in [1.29, 1.82) is 0 Å². The Morgan fingerprint density at radius 2 is 2.00 bits per heavy atom. The average Bonchev–Trinajstić information content (AvgIpc) is 3.12. The van der Waals surface area contributed by atoms with Crippen LogP contribution in [0.4, 0.5) is 14.5 Å². The van der Waals surface area contributed by atoms with Gasteiger partial charge in [-0.15, -0.1) is 0 Å². The number of hydrogen-bond donors (Lipinski definition) is 2. The van der Waals surface area contributed by atoms with Crippen LogP contribution in [0.5, 0.6) is 0 Å². The molecular weight excluding hydrogens is 387 g/mol. The Morgan fingerprint density at radius 3 is 2.73 bits per heavy atom. The van der Waals surface area contributed by atoms with Crippen molar-refractivity contribution in [2.24, 2.45) is 5.92 Å². The summed E-state index contributed by atoms with van der Waals surface area (Å²) in [5.41, 5.74) is 0.396. The van der Waals surface area contributed by atoms with E-state index in [1.54, 1.807) is 12.1 Å². The largest absolute Gasteiger partial charge is 0.341 e. The number of alkyl halides is 2. The molecule has 26 heavy (non-hydrogen) atoms. The van der Waals surface area contributed by atoms with Gasteiger partial charge in [-0.1, -0.05) is 23.2 Å². The van der Waals surface area contributed by atoms with Gasteiger partial charge in [0.25, 0.3) is 5.92 Å². The first-order chi connectivity index (χ1) is 12.2. The lowest BCUT2D eigenvalue weighted by Crippen LogP contribution is -2.50. The van der Waals surface area contributed by atoms with E-state index in [1.807, 2.05) is 0 Å². The predicted octanol–water partition coefficient (Wildman–Crippen LogP) is 2.66. The fraction of sp³-hybridized carbons (Fsp3) is 0.529. The zero-order chi connectivity index (χ0) is 18.7. The molecule has 0 aromatic heterocycles. The molecule has 0 saturated carbocycles. The zero-order valence-electron chi connectivity index (χ0n) is 13.8. The Bertz CT molecular complexity index is 804. The molecule has 2 atom stereocenters. The Kier molecular flexibility index (Phi) is 4.17. The van der Waals surface area contributed by atoms with E-state index in [4.69, 9.17) is 23.2 Å². The van der Waals surface area contributed by atoms with E-state index in [9.17, 15) is 18.4 Å². The lowest BCUT2D eigenvalue weighted by molar-refractivity contribution is -0.140. The summed E-state index contributed by atoms with van der Waals surface area (Å²) in [5, 5.41) is 6.09. The van der Waals surface area contributed by atoms with Crippen molar-refractivity contribution in [3.05, 3.63) is 27.7 Å². The van der Waals surface area contributed by atoms with E-state index >= 15 is 0 Å². The number of nitrogens with one attached hydrogen (secondary N) is 2. The van der Waals surface area contributed by atoms with Crippen molar-refractivity contribution in [2.45, 2.75) is 24.2 Å². The maximum atomic E-state index is 13.6. The van der Waals surface area contributed by atoms with Gasteiger partial charge in [-0.05, 0) is 24.1 Å². The molecule has 9 heteroatoms. The summed E-state index contributed by atoms with van der Waals surface area (Å²) >= 11 is 12.1. The summed E-state index contributed by atoms with van der Waals surface area (Å²) in [6.45, 7) is 0.316. The van der Waals surface area contributed by atoms with Crippen LogP contribution in [0.15, 0.2) is 12.1 Å². The third kappa shape index (κ3) is 2.77. The van der Waals surface area contributed by atoms with Gasteiger partial charge in [0.05, 0.1) is 27.9 Å². The number of benzene rings is 1. The molecule has 2 amide bonds. The second-order valence-electron chi connectivity index (χ2n) is 7.25. The van der Waals surface area contributed by atoms with Crippen LogP contribution >= 0.6 is 23.2 Å². The summed E-state index contributed by atoms with van der Waals surface area (Å²) in [6, 6.07) is 3.25. The van der Waals surface area contributed by atoms with Crippen LogP contribution in [0, 0.1) is 5.92 Å². The zero-order valence-corrected chi connectivity index (χ0v) is 15.3. The van der Waals surface area contributed by atoms with Crippen LogP contribution in [0.1, 0.15) is 18.4 Å². The second-order valence-corrected chi connectivity index (χ2v) is 8.06. The number of fused-ring (bicyclic) bond motifs is 2. The summed E-state index contributed by atoms with van der Waals surface area (Å²) in [4.78, 5) is 26.9. The minimum atomic E-state index is -2.89. The van der Waals surface area contributed by atoms with Crippen LogP contribution < -0.4 is 10.6 Å². The molecule has 4 rings (SSSR count). The molecule has 1 aromatic carbocycles. The van der Waals surface area contributed by atoms with E-state index in [-0.39, 0.29) is 24.9 Å². The third-order valence-corrected chi connectivity index (χ3v) is 6.23. The van der Waals surface area contributed by atoms with Crippen LogP contribution in [-0.4, -0.2) is 48.8 Å². The highest BCUT2D eigenvalue weighted by atomic mass is 35.5. The van der Waals surface area contributed by atoms with E-state index in [0.717, 1.165) is 0 Å². The van der Waals surface area contributed by atoms with Gasteiger partial charge in [0.2, 0.25) is 11.8 Å². The third-order valence-electron chi connectivity index (χ3n) is 5.51. The van der Waals surface area contributed by atoms with Crippen LogP contribution in [0.3, 0.4) is 0 Å². The summed E-state index contributed by atoms with van der Waals surface area (Å²) < 4.78 is 27.2.